The first-order chi connectivity index (χ1) is 13.4. The summed E-state index contributed by atoms with van der Waals surface area (Å²) in [4.78, 5) is 12.1. The van der Waals surface area contributed by atoms with Gasteiger partial charge in [-0.15, -0.1) is 0 Å². The van der Waals surface area contributed by atoms with Crippen molar-refractivity contribution in [3.8, 4) is 6.07 Å². The van der Waals surface area contributed by atoms with Crippen molar-refractivity contribution >= 4 is 16.0 Å². The van der Waals surface area contributed by atoms with Crippen LogP contribution in [0.3, 0.4) is 0 Å². The predicted octanol–water partition coefficient (Wildman–Crippen LogP) is 2.08. The molecule has 9 heteroatoms. The van der Waals surface area contributed by atoms with Gasteiger partial charge in [0.25, 0.3) is 0 Å². The number of sulfonamides is 1. The molecule has 1 aliphatic heterocycles. The molecule has 2 aromatic carbocycles. The molecule has 0 spiro atoms. The van der Waals surface area contributed by atoms with Crippen LogP contribution in [-0.4, -0.2) is 45.0 Å². The number of hydrogen-bond acceptors (Lipinski definition) is 6. The highest BCUT2D eigenvalue weighted by Crippen LogP contribution is 2.21. The number of benzene rings is 2. The summed E-state index contributed by atoms with van der Waals surface area (Å²) < 4.78 is 50.9. The Balaban J connectivity index is 1.76. The van der Waals surface area contributed by atoms with Crippen molar-refractivity contribution in [2.45, 2.75) is 11.5 Å². The minimum atomic E-state index is -3.86. The molecule has 0 bridgehead atoms. The second-order valence-electron chi connectivity index (χ2n) is 6.04. The summed E-state index contributed by atoms with van der Waals surface area (Å²) >= 11 is 0. The lowest BCUT2D eigenvalue weighted by molar-refractivity contribution is 0.0467. The van der Waals surface area contributed by atoms with Gasteiger partial charge in [-0.3, -0.25) is 0 Å². The molecule has 28 heavy (non-hydrogen) atoms. The Morgan fingerprint density at radius 2 is 1.86 bits per heavy atom. The van der Waals surface area contributed by atoms with Crippen molar-refractivity contribution < 1.29 is 27.1 Å². The van der Waals surface area contributed by atoms with E-state index in [9.17, 15) is 17.6 Å². The van der Waals surface area contributed by atoms with Crippen molar-refractivity contribution in [3.05, 3.63) is 65.0 Å². The Hall–Kier alpha value is -2.80. The fourth-order valence-corrected chi connectivity index (χ4v) is 4.09. The first-order valence-corrected chi connectivity index (χ1v) is 9.89. The molecule has 7 nitrogen and oxygen atoms in total. The molecule has 0 unspecified atom stereocenters. The lowest BCUT2D eigenvalue weighted by atomic mass is 10.1. The van der Waals surface area contributed by atoms with Crippen LogP contribution >= 0.6 is 0 Å². The van der Waals surface area contributed by atoms with Crippen molar-refractivity contribution in [1.82, 2.24) is 4.31 Å². The average molecular weight is 404 g/mol. The summed E-state index contributed by atoms with van der Waals surface area (Å²) in [7, 11) is -3.86. The minimum absolute atomic E-state index is 0.135. The standard InChI is InChI=1S/C19H17FN2O5S/c20-18-6-5-16(28(24,25)22-7-9-26-10-8-22)11-17(18)19(23)27-13-15-3-1-14(12-21)2-4-15/h1-6,11H,7-10,13H2. The molecule has 0 aliphatic carbocycles. The van der Waals surface area contributed by atoms with Crippen LogP contribution in [0.5, 0.6) is 0 Å². The Morgan fingerprint density at radius 3 is 2.50 bits per heavy atom. The number of rotatable bonds is 5. The molecule has 3 rings (SSSR count). The minimum Gasteiger partial charge on any atom is -0.457 e. The van der Waals surface area contributed by atoms with E-state index in [0.717, 1.165) is 18.2 Å². The third kappa shape index (κ3) is 4.36. The van der Waals surface area contributed by atoms with Gasteiger partial charge in [0.15, 0.2) is 0 Å². The van der Waals surface area contributed by atoms with Crippen LogP contribution in [-0.2, 0) is 26.1 Å². The van der Waals surface area contributed by atoms with Gasteiger partial charge in [-0.1, -0.05) is 12.1 Å². The van der Waals surface area contributed by atoms with E-state index in [1.54, 1.807) is 24.3 Å². The van der Waals surface area contributed by atoms with Crippen LogP contribution < -0.4 is 0 Å². The van der Waals surface area contributed by atoms with E-state index in [0.29, 0.717) is 11.1 Å². The smallest absolute Gasteiger partial charge is 0.341 e. The zero-order chi connectivity index (χ0) is 20.1. The highest BCUT2D eigenvalue weighted by Gasteiger charge is 2.28. The Bertz CT molecular complexity index is 1010. The van der Waals surface area contributed by atoms with Crippen LogP contribution in [0.2, 0.25) is 0 Å². The molecule has 0 saturated carbocycles. The zero-order valence-corrected chi connectivity index (χ0v) is 15.6. The molecule has 0 N–H and O–H groups in total. The Kier molecular flexibility index (Phi) is 6.04. The Morgan fingerprint density at radius 1 is 1.18 bits per heavy atom. The summed E-state index contributed by atoms with van der Waals surface area (Å²) in [5.74, 6) is -1.84. The van der Waals surface area contributed by atoms with Gasteiger partial charge in [-0.25, -0.2) is 17.6 Å². The quantitative estimate of drug-likeness (QED) is 0.708. The Labute approximate surface area is 162 Å². The van der Waals surface area contributed by atoms with Gasteiger partial charge >= 0.3 is 5.97 Å². The van der Waals surface area contributed by atoms with Gasteiger partial charge in [0.1, 0.15) is 12.4 Å². The van der Waals surface area contributed by atoms with Crippen molar-refractivity contribution in [1.29, 1.82) is 5.26 Å². The largest absolute Gasteiger partial charge is 0.457 e. The van der Waals surface area contributed by atoms with E-state index in [4.69, 9.17) is 14.7 Å². The second-order valence-corrected chi connectivity index (χ2v) is 7.98. The normalized spacial score (nSPS) is 15.0. The maximum absolute atomic E-state index is 14.1. The lowest BCUT2D eigenvalue weighted by Crippen LogP contribution is -2.40. The maximum atomic E-state index is 14.1. The molecule has 1 saturated heterocycles. The summed E-state index contributed by atoms with van der Waals surface area (Å²) in [5, 5.41) is 8.78. The third-order valence-electron chi connectivity index (χ3n) is 4.22. The molecular weight excluding hydrogens is 387 g/mol. The topological polar surface area (TPSA) is 96.7 Å². The first-order valence-electron chi connectivity index (χ1n) is 8.45. The van der Waals surface area contributed by atoms with Gasteiger partial charge in [-0.2, -0.15) is 9.57 Å². The molecule has 0 amide bonds. The van der Waals surface area contributed by atoms with Crippen LogP contribution in [0.15, 0.2) is 47.4 Å². The fraction of sp³-hybridized carbons (Fsp3) is 0.263. The van der Waals surface area contributed by atoms with Gasteiger partial charge in [0.2, 0.25) is 10.0 Å². The van der Waals surface area contributed by atoms with Crippen LogP contribution in [0.4, 0.5) is 4.39 Å². The number of morpholine rings is 1. The zero-order valence-electron chi connectivity index (χ0n) is 14.8. The summed E-state index contributed by atoms with van der Waals surface area (Å²) in [6.07, 6.45) is 0. The monoisotopic (exact) mass is 404 g/mol. The number of esters is 1. The van der Waals surface area contributed by atoms with E-state index in [2.05, 4.69) is 0 Å². The molecule has 146 valence electrons. The average Bonchev–Trinajstić information content (AvgIpc) is 2.73. The highest BCUT2D eigenvalue weighted by atomic mass is 32.2. The molecule has 1 heterocycles. The van der Waals surface area contributed by atoms with Gasteiger partial charge in [-0.05, 0) is 35.9 Å². The van der Waals surface area contributed by atoms with Gasteiger partial charge < -0.3 is 9.47 Å². The van der Waals surface area contributed by atoms with Crippen LogP contribution in [0.1, 0.15) is 21.5 Å². The van der Waals surface area contributed by atoms with E-state index >= 15 is 0 Å². The first kappa shape index (κ1) is 19.9. The number of halogens is 1. The van der Waals surface area contributed by atoms with E-state index < -0.39 is 27.4 Å². The molecule has 2 aromatic rings. The highest BCUT2D eigenvalue weighted by molar-refractivity contribution is 7.89. The molecule has 0 radical (unpaired) electrons. The fourth-order valence-electron chi connectivity index (χ4n) is 2.66. The number of ether oxygens (including phenoxy) is 2. The molecule has 1 aliphatic rings. The number of nitrogens with zero attached hydrogens (tertiary/aromatic N) is 2. The SMILES string of the molecule is N#Cc1ccc(COC(=O)c2cc(S(=O)(=O)N3CCOCC3)ccc2F)cc1. The number of hydrogen-bond donors (Lipinski definition) is 0. The van der Waals surface area contributed by atoms with Gasteiger partial charge in [0, 0.05) is 13.1 Å². The van der Waals surface area contributed by atoms with Crippen LogP contribution in [0, 0.1) is 17.1 Å². The summed E-state index contributed by atoms with van der Waals surface area (Å²) in [6, 6.07) is 11.4. The molecule has 0 atom stereocenters. The number of nitriles is 1. The second kappa shape index (κ2) is 8.48. The van der Waals surface area contributed by atoms with Crippen molar-refractivity contribution in [2.75, 3.05) is 26.3 Å². The van der Waals surface area contributed by atoms with Gasteiger partial charge in [0.05, 0.1) is 35.3 Å². The van der Waals surface area contributed by atoms with E-state index in [-0.39, 0.29) is 37.8 Å². The summed E-state index contributed by atoms with van der Waals surface area (Å²) in [5.41, 5.74) is 0.620. The van der Waals surface area contributed by atoms with Crippen molar-refractivity contribution in [3.63, 3.8) is 0 Å². The number of carbonyl (C=O) groups is 1. The molecular formula is C19H17FN2O5S. The predicted molar refractivity (Wildman–Crippen MR) is 96.3 cm³/mol. The lowest BCUT2D eigenvalue weighted by Gasteiger charge is -2.26. The number of carbonyl (C=O) groups excluding carboxylic acids is 1. The van der Waals surface area contributed by atoms with Crippen molar-refractivity contribution in [2.24, 2.45) is 0 Å². The maximum Gasteiger partial charge on any atom is 0.341 e. The van der Waals surface area contributed by atoms with E-state index in [1.165, 1.54) is 4.31 Å². The van der Waals surface area contributed by atoms with Crippen LogP contribution in [0.25, 0.3) is 0 Å². The third-order valence-corrected chi connectivity index (χ3v) is 6.11. The molecule has 0 aromatic heterocycles. The molecule has 1 fully saturated rings. The summed E-state index contributed by atoms with van der Waals surface area (Å²) in [6.45, 7) is 0.806. The van der Waals surface area contributed by atoms with E-state index in [1.807, 2.05) is 6.07 Å².